The van der Waals surface area contributed by atoms with E-state index in [-0.39, 0.29) is 7.03 Å². The fourth-order valence-electron chi connectivity index (χ4n) is 4.08. The molecule has 1 saturated heterocycles. The minimum absolute atomic E-state index is 0. The molecule has 0 spiro atoms. The molecule has 1 saturated carbocycles. The van der Waals surface area contributed by atoms with E-state index in [2.05, 4.69) is 40.5 Å². The summed E-state index contributed by atoms with van der Waals surface area (Å²) in [5.41, 5.74) is 8.19. The molecule has 4 rings (SSSR count). The fourth-order valence-corrected chi connectivity index (χ4v) is 4.08. The Morgan fingerprint density at radius 2 is 2.07 bits per heavy atom. The number of aromatic nitrogens is 2. The number of benzene rings is 1. The molecule has 0 unspecified atom stereocenters. The summed E-state index contributed by atoms with van der Waals surface area (Å²) in [7, 11) is 0. The fraction of sp³-hybridized carbons (Fsp3) is 0.522. The molecule has 1 aliphatic carbocycles. The molecule has 0 amide bonds. The van der Waals surface area contributed by atoms with Crippen LogP contribution in [0.5, 0.6) is 5.75 Å². The zero-order chi connectivity index (χ0) is 21.3. The lowest BCUT2D eigenvalue weighted by atomic mass is 10.0. The molecular formula is C23H34N6O. The monoisotopic (exact) mass is 410 g/mol. The van der Waals surface area contributed by atoms with Crippen LogP contribution in [0.15, 0.2) is 30.6 Å². The second-order valence-corrected chi connectivity index (χ2v) is 8.57. The van der Waals surface area contributed by atoms with Gasteiger partial charge in [-0.1, -0.05) is 13.8 Å². The lowest BCUT2D eigenvalue weighted by Crippen LogP contribution is -2.53. The highest BCUT2D eigenvalue weighted by Crippen LogP contribution is 2.40. The van der Waals surface area contributed by atoms with Gasteiger partial charge in [0.05, 0.1) is 11.4 Å². The molecule has 1 atom stereocenters. The lowest BCUT2D eigenvalue weighted by Gasteiger charge is -2.41. The molecule has 0 radical (unpaired) electrons. The number of ether oxygens (including phenoxy) is 1. The van der Waals surface area contributed by atoms with Gasteiger partial charge in [0.1, 0.15) is 23.5 Å². The first kappa shape index (κ1) is 20.6. The SMILES string of the molecule is CC[C@@H]1CN(c2cc(C(=N)c3cc(OC4(C)CC4)ccc3N)ncn2)CCN1CC.[HH]. The third kappa shape index (κ3) is 4.26. The zero-order valence-electron chi connectivity index (χ0n) is 18.2. The smallest absolute Gasteiger partial charge is 0.132 e. The summed E-state index contributed by atoms with van der Waals surface area (Å²) in [5.74, 6) is 1.62. The summed E-state index contributed by atoms with van der Waals surface area (Å²) in [6, 6.07) is 7.97. The van der Waals surface area contributed by atoms with Crippen LogP contribution in [0, 0.1) is 5.41 Å². The number of piperazine rings is 1. The average molecular weight is 411 g/mol. The molecule has 0 bridgehead atoms. The molecule has 1 aromatic heterocycles. The predicted octanol–water partition coefficient (Wildman–Crippen LogP) is 3.57. The number of nitrogens with one attached hydrogen (secondary N) is 1. The minimum Gasteiger partial charge on any atom is -0.488 e. The van der Waals surface area contributed by atoms with Crippen LogP contribution in [0.4, 0.5) is 11.5 Å². The van der Waals surface area contributed by atoms with Crippen molar-refractivity contribution >= 4 is 17.2 Å². The largest absolute Gasteiger partial charge is 0.488 e. The molecular weight excluding hydrogens is 376 g/mol. The number of rotatable bonds is 7. The van der Waals surface area contributed by atoms with E-state index in [1.54, 1.807) is 6.33 Å². The van der Waals surface area contributed by atoms with E-state index in [0.29, 0.717) is 28.7 Å². The van der Waals surface area contributed by atoms with Crippen molar-refractivity contribution in [2.24, 2.45) is 0 Å². The van der Waals surface area contributed by atoms with Crippen molar-refractivity contribution < 1.29 is 6.16 Å². The molecule has 30 heavy (non-hydrogen) atoms. The molecule has 1 aliphatic heterocycles. The van der Waals surface area contributed by atoms with Gasteiger partial charge in [0.25, 0.3) is 0 Å². The van der Waals surface area contributed by atoms with Crippen LogP contribution in [0.1, 0.15) is 52.7 Å². The molecule has 1 aromatic carbocycles. The summed E-state index contributed by atoms with van der Waals surface area (Å²) in [5, 5.41) is 8.75. The van der Waals surface area contributed by atoms with E-state index in [1.807, 2.05) is 24.3 Å². The Balaban J connectivity index is 0.00000272. The predicted molar refractivity (Wildman–Crippen MR) is 123 cm³/mol. The van der Waals surface area contributed by atoms with Crippen molar-refractivity contribution in [2.45, 2.75) is 51.7 Å². The summed E-state index contributed by atoms with van der Waals surface area (Å²) >= 11 is 0. The van der Waals surface area contributed by atoms with Crippen molar-refractivity contribution in [1.29, 1.82) is 5.41 Å². The molecule has 7 nitrogen and oxygen atoms in total. The highest BCUT2D eigenvalue weighted by molar-refractivity contribution is 6.13. The Labute approximate surface area is 180 Å². The number of likely N-dealkylation sites (N-methyl/N-ethyl adjacent to an activating group) is 1. The van der Waals surface area contributed by atoms with Crippen molar-refractivity contribution in [1.82, 2.24) is 14.9 Å². The van der Waals surface area contributed by atoms with E-state index in [4.69, 9.17) is 15.9 Å². The Bertz CT molecular complexity index is 932. The maximum absolute atomic E-state index is 8.75. The highest BCUT2D eigenvalue weighted by atomic mass is 16.5. The minimum atomic E-state index is -0.0753. The van der Waals surface area contributed by atoms with Crippen molar-refractivity contribution in [2.75, 3.05) is 36.8 Å². The number of nitrogens with zero attached hydrogens (tertiary/aromatic N) is 4. The Morgan fingerprint density at radius 1 is 1.27 bits per heavy atom. The van der Waals surface area contributed by atoms with Gasteiger partial charge in [-0.15, -0.1) is 0 Å². The maximum Gasteiger partial charge on any atom is 0.132 e. The second-order valence-electron chi connectivity index (χ2n) is 8.57. The third-order valence-corrected chi connectivity index (χ3v) is 6.33. The zero-order valence-corrected chi connectivity index (χ0v) is 18.2. The van der Waals surface area contributed by atoms with Crippen LogP contribution in [0.3, 0.4) is 0 Å². The van der Waals surface area contributed by atoms with Crippen LogP contribution < -0.4 is 15.4 Å². The summed E-state index contributed by atoms with van der Waals surface area (Å²) in [6.07, 6.45) is 4.78. The molecule has 2 fully saturated rings. The average Bonchev–Trinajstić information content (AvgIpc) is 3.50. The highest BCUT2D eigenvalue weighted by Gasteiger charge is 2.40. The van der Waals surface area contributed by atoms with Crippen molar-refractivity contribution in [3.63, 3.8) is 0 Å². The number of anilines is 2. The lowest BCUT2D eigenvalue weighted by molar-refractivity contribution is 0.181. The number of nitrogens with two attached hydrogens (primary N) is 1. The molecule has 2 aromatic rings. The van der Waals surface area contributed by atoms with Crippen LogP contribution >= 0.6 is 0 Å². The number of nitrogen functional groups attached to an aromatic ring is 1. The van der Waals surface area contributed by atoms with Crippen molar-refractivity contribution in [3.8, 4) is 5.75 Å². The van der Waals surface area contributed by atoms with Gasteiger partial charge >= 0.3 is 0 Å². The first-order valence-corrected chi connectivity index (χ1v) is 10.9. The maximum atomic E-state index is 8.75. The first-order valence-electron chi connectivity index (χ1n) is 10.9. The standard InChI is InChI=1S/C23H32N6O.H2/c1-4-16-14-29(11-10-28(16)5-2)21-13-20(26-15-27-21)22(25)18-12-17(6-7-19(18)24)30-23(3)8-9-23;/h6-7,12-13,15-16,25H,4-5,8-11,14,24H2,1-3H3;1H/t16-;/m1./s1. The van der Waals surface area contributed by atoms with E-state index in [1.165, 1.54) is 0 Å². The van der Waals surface area contributed by atoms with Gasteiger partial charge in [-0.25, -0.2) is 9.97 Å². The van der Waals surface area contributed by atoms with E-state index >= 15 is 0 Å². The van der Waals surface area contributed by atoms with Gasteiger partial charge in [-0.05, 0) is 50.9 Å². The summed E-state index contributed by atoms with van der Waals surface area (Å²) in [4.78, 5) is 13.7. The first-order chi connectivity index (χ1) is 14.4. The van der Waals surface area contributed by atoms with Gasteiger partial charge in [-0.3, -0.25) is 10.3 Å². The quantitative estimate of drug-likeness (QED) is 0.536. The van der Waals surface area contributed by atoms with E-state index in [9.17, 15) is 0 Å². The normalized spacial score (nSPS) is 20.8. The van der Waals surface area contributed by atoms with Gasteiger partial charge in [0.15, 0.2) is 0 Å². The van der Waals surface area contributed by atoms with Crippen molar-refractivity contribution in [3.05, 3.63) is 41.9 Å². The Hall–Kier alpha value is -2.67. The third-order valence-electron chi connectivity index (χ3n) is 6.33. The van der Waals surface area contributed by atoms with E-state index in [0.717, 1.165) is 57.0 Å². The Morgan fingerprint density at radius 3 is 2.77 bits per heavy atom. The molecule has 7 heteroatoms. The molecule has 3 N–H and O–H groups in total. The van der Waals surface area contributed by atoms with Crippen LogP contribution in [0.25, 0.3) is 0 Å². The van der Waals surface area contributed by atoms with Gasteiger partial charge in [-0.2, -0.15) is 0 Å². The second kappa shape index (κ2) is 8.22. The van der Waals surface area contributed by atoms with Gasteiger partial charge < -0.3 is 15.4 Å². The topological polar surface area (TPSA) is 91.4 Å². The molecule has 2 aliphatic rings. The summed E-state index contributed by atoms with van der Waals surface area (Å²) < 4.78 is 6.06. The molecule has 162 valence electrons. The van der Waals surface area contributed by atoms with Gasteiger partial charge in [0, 0.05) is 44.4 Å². The van der Waals surface area contributed by atoms with Crippen LogP contribution in [0.2, 0.25) is 0 Å². The van der Waals surface area contributed by atoms with Crippen LogP contribution in [-0.2, 0) is 0 Å². The van der Waals surface area contributed by atoms with Gasteiger partial charge in [0.2, 0.25) is 0 Å². The Kier molecular flexibility index (Phi) is 5.64. The van der Waals surface area contributed by atoms with Crippen LogP contribution in [-0.4, -0.2) is 58.4 Å². The number of hydrogen-bond donors (Lipinski definition) is 2. The molecule has 2 heterocycles. The summed E-state index contributed by atoms with van der Waals surface area (Å²) in [6.45, 7) is 10.5. The van der Waals surface area contributed by atoms with E-state index < -0.39 is 0 Å². The number of hydrogen-bond acceptors (Lipinski definition) is 7.